The Morgan fingerprint density at radius 3 is 2.57 bits per heavy atom. The van der Waals surface area contributed by atoms with Crippen molar-refractivity contribution < 1.29 is 9.53 Å². The summed E-state index contributed by atoms with van der Waals surface area (Å²) in [5.74, 6) is 0.0967. The van der Waals surface area contributed by atoms with Crippen LogP contribution in [0.3, 0.4) is 0 Å². The van der Waals surface area contributed by atoms with E-state index in [-0.39, 0.29) is 34.2 Å². The van der Waals surface area contributed by atoms with E-state index in [0.717, 1.165) is 12.8 Å². The lowest BCUT2D eigenvalue weighted by Crippen LogP contribution is -2.48. The fourth-order valence-electron chi connectivity index (χ4n) is 1.97. The lowest BCUT2D eigenvalue weighted by molar-refractivity contribution is -0.124. The van der Waals surface area contributed by atoms with Crippen molar-refractivity contribution in [1.82, 2.24) is 5.32 Å². The largest absolute Gasteiger partial charge is 0.482 e. The standard InChI is InChI=1S/C14H13Cl3N2O2/c1-14(7-18,8-2-3-8)19-13(20)6-21-12-5-10(16)9(15)4-11(12)17/h4-5,8H,2-3,6H2,1H3,(H,19,20)/t14-/m1/s1. The van der Waals surface area contributed by atoms with Crippen LogP contribution < -0.4 is 10.1 Å². The third kappa shape index (κ3) is 3.94. The lowest BCUT2D eigenvalue weighted by Gasteiger charge is -2.22. The van der Waals surface area contributed by atoms with Crippen LogP contribution in [0.4, 0.5) is 0 Å². The zero-order chi connectivity index (χ0) is 15.6. The first kappa shape index (κ1) is 16.2. The van der Waals surface area contributed by atoms with Crippen molar-refractivity contribution in [3.8, 4) is 11.8 Å². The summed E-state index contributed by atoms with van der Waals surface area (Å²) < 4.78 is 5.33. The Labute approximate surface area is 137 Å². The van der Waals surface area contributed by atoms with Gasteiger partial charge in [0.1, 0.15) is 11.3 Å². The summed E-state index contributed by atoms with van der Waals surface area (Å²) in [7, 11) is 0. The fraction of sp³-hybridized carbons (Fsp3) is 0.429. The van der Waals surface area contributed by atoms with Crippen LogP contribution in [0.1, 0.15) is 19.8 Å². The van der Waals surface area contributed by atoms with E-state index in [0.29, 0.717) is 5.02 Å². The molecule has 1 N–H and O–H groups in total. The van der Waals surface area contributed by atoms with E-state index in [1.165, 1.54) is 12.1 Å². The Kier molecular flexibility index (Phi) is 4.88. The molecule has 1 atom stereocenters. The van der Waals surface area contributed by atoms with Crippen LogP contribution in [0.2, 0.25) is 15.1 Å². The Balaban J connectivity index is 1.95. The summed E-state index contributed by atoms with van der Waals surface area (Å²) in [4.78, 5) is 11.9. The summed E-state index contributed by atoms with van der Waals surface area (Å²) in [5, 5.41) is 12.7. The molecule has 1 aromatic rings. The number of nitrogens with one attached hydrogen (secondary N) is 1. The van der Waals surface area contributed by atoms with Gasteiger partial charge in [0, 0.05) is 6.07 Å². The number of halogens is 3. The number of carbonyl (C=O) groups excluding carboxylic acids is 1. The minimum Gasteiger partial charge on any atom is -0.482 e. The lowest BCUT2D eigenvalue weighted by atomic mass is 9.98. The molecule has 7 heteroatoms. The third-order valence-electron chi connectivity index (χ3n) is 3.36. The van der Waals surface area contributed by atoms with Crippen molar-refractivity contribution in [3.63, 3.8) is 0 Å². The van der Waals surface area contributed by atoms with Crippen LogP contribution in [0, 0.1) is 17.2 Å². The molecular weight excluding hydrogens is 335 g/mol. The number of nitriles is 1. The molecule has 1 aliphatic carbocycles. The van der Waals surface area contributed by atoms with Gasteiger partial charge in [-0.2, -0.15) is 5.26 Å². The monoisotopic (exact) mass is 346 g/mol. The second-order valence-electron chi connectivity index (χ2n) is 5.12. The molecule has 0 radical (unpaired) electrons. The maximum atomic E-state index is 11.9. The van der Waals surface area contributed by atoms with Crippen LogP contribution in [0.15, 0.2) is 12.1 Å². The summed E-state index contributed by atoms with van der Waals surface area (Å²) >= 11 is 17.6. The van der Waals surface area contributed by atoms with Crippen molar-refractivity contribution >= 4 is 40.7 Å². The van der Waals surface area contributed by atoms with Gasteiger partial charge in [-0.25, -0.2) is 0 Å². The van der Waals surface area contributed by atoms with Gasteiger partial charge in [0.25, 0.3) is 5.91 Å². The molecule has 0 heterocycles. The predicted octanol–water partition coefficient (Wildman–Crippen LogP) is 3.83. The summed E-state index contributed by atoms with van der Waals surface area (Å²) in [6.07, 6.45) is 1.90. The average Bonchev–Trinajstić information content (AvgIpc) is 3.26. The minimum absolute atomic E-state index is 0.208. The molecule has 21 heavy (non-hydrogen) atoms. The van der Waals surface area contributed by atoms with Gasteiger partial charge in [0.05, 0.1) is 21.1 Å². The zero-order valence-electron chi connectivity index (χ0n) is 11.3. The molecule has 4 nitrogen and oxygen atoms in total. The Bertz CT molecular complexity index is 611. The predicted molar refractivity (Wildman–Crippen MR) is 81.9 cm³/mol. The van der Waals surface area contributed by atoms with Gasteiger partial charge in [-0.05, 0) is 31.7 Å². The Hall–Kier alpha value is -1.15. The van der Waals surface area contributed by atoms with E-state index in [1.54, 1.807) is 6.92 Å². The van der Waals surface area contributed by atoms with E-state index in [4.69, 9.17) is 39.5 Å². The summed E-state index contributed by atoms with van der Waals surface area (Å²) in [5.41, 5.74) is -0.845. The molecule has 2 rings (SSSR count). The van der Waals surface area contributed by atoms with Crippen LogP contribution in [-0.4, -0.2) is 18.1 Å². The van der Waals surface area contributed by atoms with Gasteiger partial charge in [0.2, 0.25) is 0 Å². The van der Waals surface area contributed by atoms with Crippen LogP contribution in [-0.2, 0) is 4.79 Å². The van der Waals surface area contributed by atoms with E-state index >= 15 is 0 Å². The zero-order valence-corrected chi connectivity index (χ0v) is 13.5. The van der Waals surface area contributed by atoms with Gasteiger partial charge in [0.15, 0.2) is 6.61 Å². The quantitative estimate of drug-likeness (QED) is 0.823. The highest BCUT2D eigenvalue weighted by molar-refractivity contribution is 6.43. The number of benzene rings is 1. The fourth-order valence-corrected chi connectivity index (χ4v) is 2.56. The number of ether oxygens (including phenoxy) is 1. The first-order valence-electron chi connectivity index (χ1n) is 6.35. The number of carbonyl (C=O) groups is 1. The van der Waals surface area contributed by atoms with Crippen LogP contribution in [0.5, 0.6) is 5.75 Å². The summed E-state index contributed by atoms with van der Waals surface area (Å²) in [6.45, 7) is 1.47. The van der Waals surface area contributed by atoms with Gasteiger partial charge in [-0.3, -0.25) is 4.79 Å². The number of hydrogen-bond donors (Lipinski definition) is 1. The van der Waals surface area contributed by atoms with E-state index in [1.807, 2.05) is 0 Å². The van der Waals surface area contributed by atoms with E-state index < -0.39 is 5.54 Å². The second kappa shape index (κ2) is 6.31. The SMILES string of the molecule is C[C@](C#N)(NC(=O)COc1cc(Cl)c(Cl)cc1Cl)C1CC1. The molecule has 0 saturated heterocycles. The number of nitrogens with zero attached hydrogens (tertiary/aromatic N) is 1. The topological polar surface area (TPSA) is 62.1 Å². The van der Waals surface area contributed by atoms with Crippen molar-refractivity contribution in [2.45, 2.75) is 25.3 Å². The molecule has 1 aliphatic rings. The second-order valence-corrected chi connectivity index (χ2v) is 6.34. The molecule has 0 aliphatic heterocycles. The van der Waals surface area contributed by atoms with Gasteiger partial charge in [-0.15, -0.1) is 0 Å². The molecule has 1 saturated carbocycles. The Morgan fingerprint density at radius 1 is 1.38 bits per heavy atom. The summed E-state index contributed by atoms with van der Waals surface area (Å²) in [6, 6.07) is 5.04. The Morgan fingerprint density at radius 2 is 2.00 bits per heavy atom. The van der Waals surface area contributed by atoms with Crippen LogP contribution >= 0.6 is 34.8 Å². The van der Waals surface area contributed by atoms with Gasteiger partial charge < -0.3 is 10.1 Å². The number of hydrogen-bond acceptors (Lipinski definition) is 3. The van der Waals surface area contributed by atoms with Crippen molar-refractivity contribution in [2.75, 3.05) is 6.61 Å². The number of amides is 1. The first-order valence-corrected chi connectivity index (χ1v) is 7.48. The average molecular weight is 348 g/mol. The van der Waals surface area contributed by atoms with Crippen molar-refractivity contribution in [3.05, 3.63) is 27.2 Å². The molecule has 1 fully saturated rings. The van der Waals surface area contributed by atoms with Gasteiger partial charge in [-0.1, -0.05) is 34.8 Å². The van der Waals surface area contributed by atoms with Crippen molar-refractivity contribution in [1.29, 1.82) is 5.26 Å². The van der Waals surface area contributed by atoms with Crippen molar-refractivity contribution in [2.24, 2.45) is 5.92 Å². The molecule has 0 aromatic heterocycles. The molecule has 112 valence electrons. The molecule has 1 aromatic carbocycles. The van der Waals surface area contributed by atoms with Crippen LogP contribution in [0.25, 0.3) is 0 Å². The number of rotatable bonds is 5. The highest BCUT2D eigenvalue weighted by Gasteiger charge is 2.43. The maximum absolute atomic E-state index is 11.9. The maximum Gasteiger partial charge on any atom is 0.259 e. The first-order chi connectivity index (χ1) is 9.85. The molecule has 0 bridgehead atoms. The third-order valence-corrected chi connectivity index (χ3v) is 4.38. The van der Waals surface area contributed by atoms with E-state index in [9.17, 15) is 10.1 Å². The molecule has 1 amide bonds. The highest BCUT2D eigenvalue weighted by atomic mass is 35.5. The normalized spacial score (nSPS) is 16.7. The molecule has 0 unspecified atom stereocenters. The molecular formula is C14H13Cl3N2O2. The molecule has 0 spiro atoms. The highest BCUT2D eigenvalue weighted by Crippen LogP contribution is 2.39. The van der Waals surface area contributed by atoms with E-state index in [2.05, 4.69) is 11.4 Å². The minimum atomic E-state index is -0.845. The van der Waals surface area contributed by atoms with Gasteiger partial charge >= 0.3 is 0 Å². The smallest absolute Gasteiger partial charge is 0.259 e.